The van der Waals surface area contributed by atoms with Gasteiger partial charge in [0.2, 0.25) is 0 Å². The van der Waals surface area contributed by atoms with E-state index in [1.165, 1.54) is 0 Å². The SMILES string of the molecule is N#CCc1cccc(C2=C3C=CC(=N3)C(c3cccc(CC#N)c3)=C3C=CC(=N3)C(c3cccc(CC#N)c3)=C3C=CC(=N3)C(c3cccc(CC#N)c3)=C3C=CC2=N3)c1. The lowest BCUT2D eigenvalue weighted by molar-refractivity contribution is 1.26. The lowest BCUT2D eigenvalue weighted by Crippen LogP contribution is -2.04. The third-order valence-electron chi connectivity index (χ3n) is 10.6. The van der Waals surface area contributed by atoms with Gasteiger partial charge >= 0.3 is 0 Å². The summed E-state index contributed by atoms with van der Waals surface area (Å²) in [4.78, 5) is 21.3. The molecule has 0 aliphatic carbocycles. The summed E-state index contributed by atoms with van der Waals surface area (Å²) in [7, 11) is 0. The van der Waals surface area contributed by atoms with Crippen LogP contribution in [0, 0.1) is 45.3 Å². The van der Waals surface area contributed by atoms with Crippen LogP contribution in [0.15, 0.2) is 188 Å². The van der Waals surface area contributed by atoms with Crippen molar-refractivity contribution < 1.29 is 0 Å². The molecule has 8 heteroatoms. The number of hydrogen-bond acceptors (Lipinski definition) is 8. The van der Waals surface area contributed by atoms with Crippen LogP contribution in [0.4, 0.5) is 0 Å². The summed E-state index contributed by atoms with van der Waals surface area (Å²) in [6.07, 6.45) is 17.0. The van der Waals surface area contributed by atoms with Crippen LogP contribution < -0.4 is 0 Å². The lowest BCUT2D eigenvalue weighted by Gasteiger charge is -2.13. The fourth-order valence-electron chi connectivity index (χ4n) is 7.98. The van der Waals surface area contributed by atoms with Gasteiger partial charge in [0, 0.05) is 22.3 Å². The van der Waals surface area contributed by atoms with E-state index in [2.05, 4.69) is 24.3 Å². The Kier molecular flexibility index (Phi) is 9.96. The molecule has 0 spiro atoms. The third kappa shape index (κ3) is 7.14. The second-order valence-electron chi connectivity index (χ2n) is 14.5. The minimum absolute atomic E-state index is 0.256. The Labute approximate surface area is 347 Å². The Morgan fingerprint density at radius 3 is 0.767 bits per heavy atom. The molecular weight excluding hydrogens is 737 g/mol. The molecule has 60 heavy (non-hydrogen) atoms. The summed E-state index contributed by atoms with van der Waals surface area (Å²) in [6.45, 7) is 0. The van der Waals surface area contributed by atoms with Crippen LogP contribution in [0.5, 0.6) is 0 Å². The van der Waals surface area contributed by atoms with E-state index in [1.54, 1.807) is 0 Å². The van der Waals surface area contributed by atoms with Crippen LogP contribution in [0.1, 0.15) is 44.5 Å². The van der Waals surface area contributed by atoms with Gasteiger partial charge < -0.3 is 0 Å². The number of rotatable bonds is 8. The summed E-state index contributed by atoms with van der Waals surface area (Å²) in [5.41, 5.74) is 15.8. The predicted molar refractivity (Wildman–Crippen MR) is 237 cm³/mol. The Morgan fingerprint density at radius 1 is 0.317 bits per heavy atom. The molecule has 8 nitrogen and oxygen atoms in total. The number of nitriles is 4. The molecule has 8 bridgehead atoms. The van der Waals surface area contributed by atoms with E-state index in [1.807, 2.05) is 146 Å². The average molecular weight is 769 g/mol. The minimum Gasteiger partial charge on any atom is -0.248 e. The highest BCUT2D eigenvalue weighted by Gasteiger charge is 2.28. The van der Waals surface area contributed by atoms with Crippen molar-refractivity contribution in [2.75, 3.05) is 0 Å². The first-order chi connectivity index (χ1) is 29.5. The number of hydrogen-bond donors (Lipinski definition) is 0. The van der Waals surface area contributed by atoms with E-state index >= 15 is 0 Å². The maximum absolute atomic E-state index is 9.61. The van der Waals surface area contributed by atoms with Crippen molar-refractivity contribution in [2.45, 2.75) is 25.7 Å². The molecule has 0 amide bonds. The minimum atomic E-state index is 0.256. The summed E-state index contributed by atoms with van der Waals surface area (Å²) < 4.78 is 0. The van der Waals surface area contributed by atoms with Crippen molar-refractivity contribution in [2.24, 2.45) is 20.0 Å². The molecule has 0 saturated heterocycles. The molecule has 9 rings (SSSR count). The molecule has 0 fully saturated rings. The number of fused-ring (bicyclic) bond motifs is 4. The molecule has 5 aliphatic rings. The first-order valence-electron chi connectivity index (χ1n) is 19.4. The highest BCUT2D eigenvalue weighted by molar-refractivity contribution is 6.39. The highest BCUT2D eigenvalue weighted by atomic mass is 14.9. The van der Waals surface area contributed by atoms with Gasteiger partial charge in [-0.2, -0.15) is 21.0 Å². The van der Waals surface area contributed by atoms with E-state index in [0.717, 1.165) is 66.8 Å². The van der Waals surface area contributed by atoms with Gasteiger partial charge in [0.25, 0.3) is 0 Å². The predicted octanol–water partition coefficient (Wildman–Crippen LogP) is 9.95. The normalized spacial score (nSPS) is 16.1. The quantitative estimate of drug-likeness (QED) is 0.176. The molecule has 0 N–H and O–H groups in total. The van der Waals surface area contributed by atoms with Crippen molar-refractivity contribution in [3.63, 3.8) is 0 Å². The van der Waals surface area contributed by atoms with Crippen LogP contribution in [0.25, 0.3) is 22.3 Å². The van der Waals surface area contributed by atoms with Gasteiger partial charge in [0.15, 0.2) is 0 Å². The van der Waals surface area contributed by atoms with Gasteiger partial charge in [-0.15, -0.1) is 0 Å². The largest absolute Gasteiger partial charge is 0.248 e. The van der Waals surface area contributed by atoms with Gasteiger partial charge in [-0.3, -0.25) is 0 Å². The smallest absolute Gasteiger partial charge is 0.0738 e. The molecule has 0 atom stereocenters. The Bertz CT molecular complexity index is 2700. The molecule has 0 radical (unpaired) electrons. The Balaban J connectivity index is 1.37. The molecule has 0 saturated carbocycles. The molecule has 280 valence electrons. The summed E-state index contributed by atoms with van der Waals surface area (Å²) in [5, 5.41) is 38.4. The number of aliphatic imine (C=N–C) groups is 4. The van der Waals surface area contributed by atoms with E-state index in [-0.39, 0.29) is 25.7 Å². The summed E-state index contributed by atoms with van der Waals surface area (Å²) >= 11 is 0. The monoisotopic (exact) mass is 768 g/mol. The first kappa shape index (κ1) is 37.0. The molecule has 5 aliphatic heterocycles. The summed E-state index contributed by atoms with van der Waals surface area (Å²) in [6, 6.07) is 40.8. The maximum Gasteiger partial charge on any atom is 0.0738 e. The number of nitrogens with zero attached hydrogens (tertiary/aromatic N) is 8. The van der Waals surface area contributed by atoms with Gasteiger partial charge in [-0.05, 0) is 117 Å². The van der Waals surface area contributed by atoms with Gasteiger partial charge in [-0.1, -0.05) is 72.8 Å². The van der Waals surface area contributed by atoms with E-state index in [0.29, 0.717) is 45.6 Å². The standard InChI is InChI=1S/C52H32N8/c53-25-21-33-5-1-9-37(29-33)49-41-13-15-43(57-41)50(38-10-2-6-34(30-38)22-26-54)45-17-19-47(59-45)52(40-12-4-8-36(32-40)24-28-56)48-20-18-46(60-48)51(44-16-14-42(49)58-44)39-11-3-7-35(31-39)23-27-55/h1-20,29-32H,21-24H2. The van der Waals surface area contributed by atoms with E-state index < -0.39 is 0 Å². The second-order valence-corrected chi connectivity index (χ2v) is 14.5. The van der Waals surface area contributed by atoms with E-state index in [9.17, 15) is 21.0 Å². The van der Waals surface area contributed by atoms with Crippen molar-refractivity contribution in [3.8, 4) is 24.3 Å². The van der Waals surface area contributed by atoms with Crippen molar-refractivity contribution in [3.05, 3.63) is 213 Å². The van der Waals surface area contributed by atoms with Gasteiger partial charge in [-0.25, -0.2) is 20.0 Å². The van der Waals surface area contributed by atoms with Gasteiger partial charge in [0.05, 0.1) is 95.6 Å². The first-order valence-corrected chi connectivity index (χ1v) is 19.4. The summed E-state index contributed by atoms with van der Waals surface area (Å²) in [5.74, 6) is 0. The van der Waals surface area contributed by atoms with E-state index in [4.69, 9.17) is 20.0 Å². The van der Waals surface area contributed by atoms with Crippen molar-refractivity contribution >= 4 is 45.1 Å². The molecular formula is C52H32N8. The molecule has 0 aromatic heterocycles. The van der Waals surface area contributed by atoms with Crippen LogP contribution in [-0.4, -0.2) is 22.8 Å². The average Bonchev–Trinajstić information content (AvgIpc) is 4.10. The highest BCUT2D eigenvalue weighted by Crippen LogP contribution is 2.39. The molecule has 0 unspecified atom stereocenters. The van der Waals surface area contributed by atoms with Crippen LogP contribution in [-0.2, 0) is 25.7 Å². The zero-order valence-corrected chi connectivity index (χ0v) is 32.3. The third-order valence-corrected chi connectivity index (χ3v) is 10.6. The Hall–Kier alpha value is -8.56. The zero-order valence-electron chi connectivity index (χ0n) is 32.3. The topological polar surface area (TPSA) is 145 Å². The number of allylic oxidation sites excluding steroid dienone is 12. The maximum atomic E-state index is 9.61. The Morgan fingerprint density at radius 2 is 0.550 bits per heavy atom. The molecule has 5 heterocycles. The van der Waals surface area contributed by atoms with Crippen molar-refractivity contribution in [1.29, 1.82) is 21.0 Å². The molecule has 4 aromatic rings. The van der Waals surface area contributed by atoms with Crippen LogP contribution >= 0.6 is 0 Å². The molecule has 4 aromatic carbocycles. The van der Waals surface area contributed by atoms with Crippen LogP contribution in [0.3, 0.4) is 0 Å². The van der Waals surface area contributed by atoms with Crippen molar-refractivity contribution in [1.82, 2.24) is 0 Å². The number of benzene rings is 4. The van der Waals surface area contributed by atoms with Crippen LogP contribution in [0.2, 0.25) is 0 Å². The fourth-order valence-corrected chi connectivity index (χ4v) is 7.98. The van der Waals surface area contributed by atoms with Gasteiger partial charge in [0.1, 0.15) is 0 Å². The second kappa shape index (κ2) is 16.1. The fraction of sp³-hybridized carbons (Fsp3) is 0.0769. The zero-order chi connectivity index (χ0) is 41.0. The lowest BCUT2D eigenvalue weighted by atomic mass is 9.96.